The van der Waals surface area contributed by atoms with Gasteiger partial charge in [0.1, 0.15) is 5.82 Å². The minimum atomic E-state index is 0.727. The first-order chi connectivity index (χ1) is 7.72. The van der Waals surface area contributed by atoms with Gasteiger partial charge in [-0.1, -0.05) is 0 Å². The number of pyridine rings is 1. The average molecular weight is 326 g/mol. The molecule has 0 aliphatic heterocycles. The molecule has 2 rings (SSSR count). The summed E-state index contributed by atoms with van der Waals surface area (Å²) in [6.45, 7) is 1.98. The SMILES string of the molecule is CNc1nc(-c2ccncc2)nc(C)c1I. The summed E-state index contributed by atoms with van der Waals surface area (Å²) in [4.78, 5) is 12.9. The van der Waals surface area contributed by atoms with Gasteiger partial charge >= 0.3 is 0 Å². The molecule has 0 aromatic carbocycles. The zero-order valence-corrected chi connectivity index (χ0v) is 11.2. The Hall–Kier alpha value is -1.24. The van der Waals surface area contributed by atoms with Crippen LogP contribution in [-0.2, 0) is 0 Å². The van der Waals surface area contributed by atoms with Crippen molar-refractivity contribution in [3.8, 4) is 11.4 Å². The van der Waals surface area contributed by atoms with Crippen LogP contribution in [0.4, 0.5) is 5.82 Å². The Morgan fingerprint density at radius 3 is 2.50 bits per heavy atom. The van der Waals surface area contributed by atoms with Crippen molar-refractivity contribution in [2.45, 2.75) is 6.92 Å². The van der Waals surface area contributed by atoms with Gasteiger partial charge in [-0.25, -0.2) is 9.97 Å². The monoisotopic (exact) mass is 326 g/mol. The van der Waals surface area contributed by atoms with Gasteiger partial charge in [-0.15, -0.1) is 0 Å². The predicted octanol–water partition coefficient (Wildman–Crippen LogP) is 2.49. The lowest BCUT2D eigenvalue weighted by Crippen LogP contribution is -2.02. The van der Waals surface area contributed by atoms with Crippen LogP contribution in [0.5, 0.6) is 0 Å². The third kappa shape index (κ3) is 2.13. The highest BCUT2D eigenvalue weighted by Gasteiger charge is 2.09. The third-order valence-electron chi connectivity index (χ3n) is 2.19. The van der Waals surface area contributed by atoms with Gasteiger partial charge in [-0.2, -0.15) is 0 Å². The first kappa shape index (κ1) is 11.3. The summed E-state index contributed by atoms with van der Waals surface area (Å²) in [6, 6.07) is 3.81. The van der Waals surface area contributed by atoms with Gasteiger partial charge in [0.2, 0.25) is 0 Å². The zero-order valence-electron chi connectivity index (χ0n) is 9.03. The van der Waals surface area contributed by atoms with Crippen molar-refractivity contribution in [2.24, 2.45) is 0 Å². The molecule has 16 heavy (non-hydrogen) atoms. The van der Waals surface area contributed by atoms with E-state index in [2.05, 4.69) is 42.9 Å². The molecule has 0 aliphatic carbocycles. The van der Waals surface area contributed by atoms with E-state index in [1.54, 1.807) is 12.4 Å². The molecule has 2 aromatic rings. The van der Waals surface area contributed by atoms with Gasteiger partial charge < -0.3 is 5.32 Å². The molecule has 0 saturated carbocycles. The molecule has 4 nitrogen and oxygen atoms in total. The van der Waals surface area contributed by atoms with Gasteiger partial charge in [0, 0.05) is 25.0 Å². The van der Waals surface area contributed by atoms with E-state index in [4.69, 9.17) is 0 Å². The van der Waals surface area contributed by atoms with Crippen molar-refractivity contribution < 1.29 is 0 Å². The largest absolute Gasteiger partial charge is 0.372 e. The molecule has 0 radical (unpaired) electrons. The van der Waals surface area contributed by atoms with Crippen LogP contribution in [-0.4, -0.2) is 22.0 Å². The van der Waals surface area contributed by atoms with E-state index in [-0.39, 0.29) is 0 Å². The van der Waals surface area contributed by atoms with Crippen molar-refractivity contribution in [1.29, 1.82) is 0 Å². The van der Waals surface area contributed by atoms with Crippen LogP contribution in [0.2, 0.25) is 0 Å². The smallest absolute Gasteiger partial charge is 0.161 e. The minimum absolute atomic E-state index is 0.727. The Kier molecular flexibility index (Phi) is 3.33. The van der Waals surface area contributed by atoms with Crippen molar-refractivity contribution in [2.75, 3.05) is 12.4 Å². The van der Waals surface area contributed by atoms with Crippen LogP contribution in [0.15, 0.2) is 24.5 Å². The van der Waals surface area contributed by atoms with Crippen molar-refractivity contribution in [3.63, 3.8) is 0 Å². The van der Waals surface area contributed by atoms with E-state index in [0.29, 0.717) is 0 Å². The summed E-state index contributed by atoms with van der Waals surface area (Å²) in [5.74, 6) is 1.59. The number of rotatable bonds is 2. The Morgan fingerprint density at radius 1 is 1.19 bits per heavy atom. The second-order valence-corrected chi connectivity index (χ2v) is 4.36. The molecular formula is C11H11IN4. The van der Waals surface area contributed by atoms with E-state index >= 15 is 0 Å². The maximum absolute atomic E-state index is 4.47. The third-order valence-corrected chi connectivity index (χ3v) is 3.48. The molecule has 0 atom stereocenters. The molecule has 0 bridgehead atoms. The molecule has 0 spiro atoms. The lowest BCUT2D eigenvalue weighted by molar-refractivity contribution is 1.09. The number of anilines is 1. The lowest BCUT2D eigenvalue weighted by Gasteiger charge is -2.08. The van der Waals surface area contributed by atoms with E-state index in [9.17, 15) is 0 Å². The van der Waals surface area contributed by atoms with Crippen LogP contribution in [0.1, 0.15) is 5.69 Å². The summed E-state index contributed by atoms with van der Waals surface area (Å²) >= 11 is 2.24. The average Bonchev–Trinajstić information content (AvgIpc) is 2.33. The maximum Gasteiger partial charge on any atom is 0.161 e. The van der Waals surface area contributed by atoms with Crippen molar-refractivity contribution in [3.05, 3.63) is 33.8 Å². The molecule has 1 N–H and O–H groups in total. The summed E-state index contributed by atoms with van der Waals surface area (Å²) in [6.07, 6.45) is 3.48. The fourth-order valence-corrected chi connectivity index (χ4v) is 1.87. The lowest BCUT2D eigenvalue weighted by atomic mass is 10.2. The number of aromatic nitrogens is 3. The summed E-state index contributed by atoms with van der Waals surface area (Å²) in [7, 11) is 1.86. The molecule has 2 heterocycles. The van der Waals surface area contributed by atoms with Crippen LogP contribution in [0, 0.1) is 10.5 Å². The van der Waals surface area contributed by atoms with Crippen LogP contribution >= 0.6 is 22.6 Å². The van der Waals surface area contributed by atoms with E-state index in [1.807, 2.05) is 26.1 Å². The highest BCUT2D eigenvalue weighted by Crippen LogP contribution is 2.22. The molecule has 0 saturated heterocycles. The number of nitrogens with zero attached hydrogens (tertiary/aromatic N) is 3. The van der Waals surface area contributed by atoms with Crippen LogP contribution in [0.25, 0.3) is 11.4 Å². The van der Waals surface area contributed by atoms with Gasteiger partial charge in [0.25, 0.3) is 0 Å². The van der Waals surface area contributed by atoms with Gasteiger partial charge in [-0.3, -0.25) is 4.98 Å². The van der Waals surface area contributed by atoms with Gasteiger partial charge in [0.05, 0.1) is 9.26 Å². The molecule has 2 aromatic heterocycles. The first-order valence-electron chi connectivity index (χ1n) is 4.84. The Balaban J connectivity index is 2.55. The molecule has 82 valence electrons. The highest BCUT2D eigenvalue weighted by atomic mass is 127. The number of aryl methyl sites for hydroxylation is 1. The van der Waals surface area contributed by atoms with E-state index < -0.39 is 0 Å². The topological polar surface area (TPSA) is 50.7 Å². The van der Waals surface area contributed by atoms with Crippen LogP contribution in [0.3, 0.4) is 0 Å². The van der Waals surface area contributed by atoms with Gasteiger partial charge in [-0.05, 0) is 41.6 Å². The van der Waals surface area contributed by atoms with Crippen LogP contribution < -0.4 is 5.32 Å². The van der Waals surface area contributed by atoms with Gasteiger partial charge in [0.15, 0.2) is 5.82 Å². The summed E-state index contributed by atoms with van der Waals surface area (Å²) in [5, 5.41) is 3.07. The minimum Gasteiger partial charge on any atom is -0.372 e. The summed E-state index contributed by atoms with van der Waals surface area (Å²) in [5.41, 5.74) is 1.96. The van der Waals surface area contributed by atoms with E-state index in [1.165, 1.54) is 0 Å². The van der Waals surface area contributed by atoms with Crippen molar-refractivity contribution >= 4 is 28.4 Å². The number of hydrogen-bond acceptors (Lipinski definition) is 4. The predicted molar refractivity (Wildman–Crippen MR) is 72.3 cm³/mol. The fourth-order valence-electron chi connectivity index (χ4n) is 1.35. The zero-order chi connectivity index (χ0) is 11.5. The quantitative estimate of drug-likeness (QED) is 0.862. The number of halogens is 1. The Morgan fingerprint density at radius 2 is 1.88 bits per heavy atom. The Labute approximate surface area is 108 Å². The standard InChI is InChI=1S/C11H11IN4/c1-7-9(12)11(13-2)16-10(15-7)8-3-5-14-6-4-8/h3-6H,1-2H3,(H,13,15,16). The maximum atomic E-state index is 4.47. The first-order valence-corrected chi connectivity index (χ1v) is 5.92. The Bertz CT molecular complexity index is 499. The van der Waals surface area contributed by atoms with E-state index in [0.717, 1.165) is 26.5 Å². The number of nitrogens with one attached hydrogen (secondary N) is 1. The number of hydrogen-bond donors (Lipinski definition) is 1. The fraction of sp³-hybridized carbons (Fsp3) is 0.182. The molecular weight excluding hydrogens is 315 g/mol. The molecule has 0 fully saturated rings. The molecule has 5 heteroatoms. The highest BCUT2D eigenvalue weighted by molar-refractivity contribution is 14.1. The second-order valence-electron chi connectivity index (χ2n) is 3.28. The van der Waals surface area contributed by atoms with Crippen molar-refractivity contribution in [1.82, 2.24) is 15.0 Å². The molecule has 0 aliphatic rings. The normalized spacial score (nSPS) is 10.2. The molecule has 0 amide bonds. The second kappa shape index (κ2) is 4.73. The molecule has 0 unspecified atom stereocenters. The summed E-state index contributed by atoms with van der Waals surface area (Å²) < 4.78 is 1.05.